The van der Waals surface area contributed by atoms with Crippen LogP contribution in [0, 0.1) is 13.8 Å². The van der Waals surface area contributed by atoms with Crippen LogP contribution in [0.4, 0.5) is 0 Å². The van der Waals surface area contributed by atoms with Crippen LogP contribution in [0.3, 0.4) is 0 Å². The molecule has 0 aliphatic heterocycles. The van der Waals surface area contributed by atoms with Crippen molar-refractivity contribution in [3.05, 3.63) is 35.3 Å². The molecule has 14 heavy (non-hydrogen) atoms. The minimum Gasteiger partial charge on any atom is -0.303 e. The predicted octanol–water partition coefficient (Wildman–Crippen LogP) is 3.07. The van der Waals surface area contributed by atoms with Crippen LogP contribution in [0.15, 0.2) is 18.3 Å². The molecular formula is C12H16N2. The van der Waals surface area contributed by atoms with Crippen LogP contribution in [0.1, 0.15) is 36.7 Å². The molecular weight excluding hydrogens is 172 g/mol. The Morgan fingerprint density at radius 2 is 2.00 bits per heavy atom. The number of hydrogen-bond donors (Lipinski definition) is 0. The maximum Gasteiger partial charge on any atom is 0.140 e. The highest BCUT2D eigenvalue weighted by atomic mass is 15.0. The van der Waals surface area contributed by atoms with Gasteiger partial charge < -0.3 is 4.40 Å². The fraction of sp³-hybridized carbons (Fsp3) is 0.417. The minimum atomic E-state index is 0.520. The summed E-state index contributed by atoms with van der Waals surface area (Å²) in [5.41, 5.74) is 4.80. The zero-order valence-electron chi connectivity index (χ0n) is 9.20. The Hall–Kier alpha value is -1.31. The van der Waals surface area contributed by atoms with Gasteiger partial charge in [-0.2, -0.15) is 0 Å². The molecule has 0 atom stereocenters. The summed E-state index contributed by atoms with van der Waals surface area (Å²) in [6.07, 6.45) is 2.09. The lowest BCUT2D eigenvalue weighted by Crippen LogP contribution is -1.96. The molecule has 2 aromatic rings. The third-order valence-electron chi connectivity index (χ3n) is 2.61. The first kappa shape index (κ1) is 9.25. The Bertz CT molecular complexity index is 466. The predicted molar refractivity (Wildman–Crippen MR) is 58.8 cm³/mol. The van der Waals surface area contributed by atoms with Gasteiger partial charge in [0.25, 0.3) is 0 Å². The van der Waals surface area contributed by atoms with Crippen molar-refractivity contribution in [2.24, 2.45) is 0 Å². The first-order valence-corrected chi connectivity index (χ1v) is 5.05. The first-order chi connectivity index (χ1) is 6.61. The molecule has 0 aliphatic rings. The Morgan fingerprint density at radius 3 is 2.64 bits per heavy atom. The normalized spacial score (nSPS) is 11.5. The van der Waals surface area contributed by atoms with E-state index >= 15 is 0 Å². The maximum atomic E-state index is 4.60. The van der Waals surface area contributed by atoms with Gasteiger partial charge in [0.2, 0.25) is 0 Å². The SMILES string of the molecule is Cc1nc2c(C)cccn2c1C(C)C. The summed E-state index contributed by atoms with van der Waals surface area (Å²) in [6.45, 7) is 8.60. The van der Waals surface area contributed by atoms with Crippen LogP contribution in [-0.4, -0.2) is 9.38 Å². The lowest BCUT2D eigenvalue weighted by atomic mass is 10.1. The molecule has 2 heterocycles. The van der Waals surface area contributed by atoms with Crippen LogP contribution in [0.25, 0.3) is 5.65 Å². The van der Waals surface area contributed by atoms with Crippen molar-refractivity contribution in [3.63, 3.8) is 0 Å². The fourth-order valence-electron chi connectivity index (χ4n) is 2.03. The van der Waals surface area contributed by atoms with E-state index in [1.807, 2.05) is 0 Å². The Labute approximate surface area is 84.6 Å². The summed E-state index contributed by atoms with van der Waals surface area (Å²) in [4.78, 5) is 4.60. The van der Waals surface area contributed by atoms with Crippen molar-refractivity contribution < 1.29 is 0 Å². The molecule has 2 aromatic heterocycles. The number of nitrogens with zero attached hydrogens (tertiary/aromatic N) is 2. The molecule has 0 saturated carbocycles. The fourth-order valence-corrected chi connectivity index (χ4v) is 2.03. The van der Waals surface area contributed by atoms with Gasteiger partial charge >= 0.3 is 0 Å². The van der Waals surface area contributed by atoms with Crippen molar-refractivity contribution in [3.8, 4) is 0 Å². The second-order valence-corrected chi connectivity index (χ2v) is 4.12. The number of aromatic nitrogens is 2. The van der Waals surface area contributed by atoms with Gasteiger partial charge in [-0.25, -0.2) is 4.98 Å². The van der Waals surface area contributed by atoms with E-state index in [1.165, 1.54) is 11.3 Å². The van der Waals surface area contributed by atoms with Gasteiger partial charge in [-0.3, -0.25) is 0 Å². The topological polar surface area (TPSA) is 17.3 Å². The number of hydrogen-bond acceptors (Lipinski definition) is 1. The quantitative estimate of drug-likeness (QED) is 0.672. The first-order valence-electron chi connectivity index (χ1n) is 5.05. The van der Waals surface area contributed by atoms with Gasteiger partial charge in [-0.15, -0.1) is 0 Å². The highest BCUT2D eigenvalue weighted by molar-refractivity contribution is 5.50. The number of aryl methyl sites for hydroxylation is 2. The van der Waals surface area contributed by atoms with Crippen molar-refractivity contribution in [1.29, 1.82) is 0 Å². The van der Waals surface area contributed by atoms with Crippen LogP contribution in [-0.2, 0) is 0 Å². The number of fused-ring (bicyclic) bond motifs is 1. The number of pyridine rings is 1. The van der Waals surface area contributed by atoms with E-state index in [9.17, 15) is 0 Å². The van der Waals surface area contributed by atoms with E-state index in [4.69, 9.17) is 0 Å². The summed E-state index contributed by atoms with van der Waals surface area (Å²) in [5.74, 6) is 0.520. The number of imidazole rings is 1. The molecule has 0 fully saturated rings. The Kier molecular flexibility index (Phi) is 2.06. The average molecular weight is 188 g/mol. The van der Waals surface area contributed by atoms with Gasteiger partial charge in [0.15, 0.2) is 0 Å². The zero-order chi connectivity index (χ0) is 10.3. The zero-order valence-corrected chi connectivity index (χ0v) is 9.20. The molecule has 0 amide bonds. The second kappa shape index (κ2) is 3.12. The summed E-state index contributed by atoms with van der Waals surface area (Å²) in [5, 5.41) is 0. The van der Waals surface area contributed by atoms with E-state index in [0.717, 1.165) is 11.3 Å². The van der Waals surface area contributed by atoms with E-state index < -0.39 is 0 Å². The molecule has 0 bridgehead atoms. The van der Waals surface area contributed by atoms with Crippen molar-refractivity contribution in [2.75, 3.05) is 0 Å². The third-order valence-corrected chi connectivity index (χ3v) is 2.61. The van der Waals surface area contributed by atoms with E-state index in [0.29, 0.717) is 5.92 Å². The molecule has 0 aliphatic carbocycles. The summed E-state index contributed by atoms with van der Waals surface area (Å²) in [6, 6.07) is 4.18. The summed E-state index contributed by atoms with van der Waals surface area (Å²) < 4.78 is 2.20. The lowest BCUT2D eigenvalue weighted by Gasteiger charge is -2.06. The van der Waals surface area contributed by atoms with Gasteiger partial charge in [-0.1, -0.05) is 19.9 Å². The van der Waals surface area contributed by atoms with E-state index in [-0.39, 0.29) is 0 Å². The van der Waals surface area contributed by atoms with Crippen molar-refractivity contribution >= 4 is 5.65 Å². The largest absolute Gasteiger partial charge is 0.303 e. The number of rotatable bonds is 1. The molecule has 0 aromatic carbocycles. The average Bonchev–Trinajstić information content (AvgIpc) is 2.42. The highest BCUT2D eigenvalue weighted by Gasteiger charge is 2.12. The maximum absolute atomic E-state index is 4.60. The lowest BCUT2D eigenvalue weighted by molar-refractivity contribution is 0.798. The second-order valence-electron chi connectivity index (χ2n) is 4.12. The minimum absolute atomic E-state index is 0.520. The van der Waals surface area contributed by atoms with Crippen molar-refractivity contribution in [1.82, 2.24) is 9.38 Å². The Morgan fingerprint density at radius 1 is 1.29 bits per heavy atom. The standard InChI is InChI=1S/C12H16N2/c1-8(2)11-10(4)13-12-9(3)6-5-7-14(11)12/h5-8H,1-4H3. The van der Waals surface area contributed by atoms with Crippen LogP contribution < -0.4 is 0 Å². The highest BCUT2D eigenvalue weighted by Crippen LogP contribution is 2.21. The summed E-state index contributed by atoms with van der Waals surface area (Å²) in [7, 11) is 0. The van der Waals surface area contributed by atoms with Gasteiger partial charge in [0.05, 0.1) is 5.69 Å². The van der Waals surface area contributed by atoms with E-state index in [1.54, 1.807) is 0 Å². The molecule has 74 valence electrons. The van der Waals surface area contributed by atoms with E-state index in [2.05, 4.69) is 55.4 Å². The summed E-state index contributed by atoms with van der Waals surface area (Å²) >= 11 is 0. The molecule has 2 heteroatoms. The molecule has 2 rings (SSSR count). The van der Waals surface area contributed by atoms with Crippen LogP contribution in [0.2, 0.25) is 0 Å². The molecule has 0 radical (unpaired) electrons. The third kappa shape index (κ3) is 1.22. The molecule has 0 N–H and O–H groups in total. The van der Waals surface area contributed by atoms with Gasteiger partial charge in [-0.05, 0) is 31.4 Å². The van der Waals surface area contributed by atoms with Crippen molar-refractivity contribution in [2.45, 2.75) is 33.6 Å². The molecule has 0 saturated heterocycles. The molecule has 2 nitrogen and oxygen atoms in total. The van der Waals surface area contributed by atoms with Crippen LogP contribution >= 0.6 is 0 Å². The molecule has 0 unspecified atom stereocenters. The molecule has 0 spiro atoms. The monoisotopic (exact) mass is 188 g/mol. The van der Waals surface area contributed by atoms with Gasteiger partial charge in [0, 0.05) is 11.9 Å². The smallest absolute Gasteiger partial charge is 0.140 e. The van der Waals surface area contributed by atoms with Crippen LogP contribution in [0.5, 0.6) is 0 Å². The Balaban J connectivity index is 2.83. The van der Waals surface area contributed by atoms with Gasteiger partial charge in [0.1, 0.15) is 5.65 Å².